The van der Waals surface area contributed by atoms with Gasteiger partial charge in [-0.1, -0.05) is 0 Å². The summed E-state index contributed by atoms with van der Waals surface area (Å²) in [5, 5.41) is 18.7. The van der Waals surface area contributed by atoms with Crippen molar-refractivity contribution in [3.8, 4) is 11.5 Å². The number of aromatic hydroxyl groups is 1. The van der Waals surface area contributed by atoms with Crippen molar-refractivity contribution < 1.29 is 19.7 Å². The highest BCUT2D eigenvalue weighted by atomic mass is 16.5. The molecular formula is C15H20O4. The molecule has 0 radical (unpaired) electrons. The summed E-state index contributed by atoms with van der Waals surface area (Å²) >= 11 is 0. The maximum atomic E-state index is 10.7. The van der Waals surface area contributed by atoms with Gasteiger partial charge in [-0.05, 0) is 57.2 Å². The molecule has 1 unspecified atom stereocenters. The van der Waals surface area contributed by atoms with Crippen LogP contribution in [0.25, 0.3) is 0 Å². The lowest BCUT2D eigenvalue weighted by atomic mass is 9.86. The van der Waals surface area contributed by atoms with Crippen LogP contribution >= 0.6 is 0 Å². The lowest BCUT2D eigenvalue weighted by molar-refractivity contribution is -0.138. The number of aryl methyl sites for hydroxylation is 1. The monoisotopic (exact) mass is 264 g/mol. The van der Waals surface area contributed by atoms with Gasteiger partial charge in [-0.3, -0.25) is 4.79 Å². The first kappa shape index (κ1) is 13.7. The Balaban J connectivity index is 2.27. The summed E-state index contributed by atoms with van der Waals surface area (Å²) in [4.78, 5) is 10.7. The molecule has 0 saturated heterocycles. The van der Waals surface area contributed by atoms with Crippen LogP contribution in [0, 0.1) is 13.8 Å². The van der Waals surface area contributed by atoms with E-state index in [1.165, 1.54) is 0 Å². The topological polar surface area (TPSA) is 66.8 Å². The third kappa shape index (κ3) is 2.67. The minimum atomic E-state index is -0.798. The van der Waals surface area contributed by atoms with Crippen molar-refractivity contribution in [1.29, 1.82) is 0 Å². The molecule has 0 fully saturated rings. The van der Waals surface area contributed by atoms with Gasteiger partial charge in [-0.2, -0.15) is 0 Å². The Kier molecular flexibility index (Phi) is 3.43. The number of carbonyl (C=O) groups is 1. The molecule has 0 aromatic heterocycles. The highest BCUT2D eigenvalue weighted by molar-refractivity contribution is 5.66. The van der Waals surface area contributed by atoms with E-state index in [0.717, 1.165) is 35.3 Å². The SMILES string of the molecule is Cc1cc2c(c(C)c1O)CCC(C)(CCC(=O)O)O2. The molecule has 1 aliphatic heterocycles. The third-order valence-corrected chi connectivity index (χ3v) is 3.95. The van der Waals surface area contributed by atoms with E-state index in [1.807, 2.05) is 26.8 Å². The fraction of sp³-hybridized carbons (Fsp3) is 0.533. The maximum Gasteiger partial charge on any atom is 0.303 e. The van der Waals surface area contributed by atoms with Crippen LogP contribution in [0.15, 0.2) is 6.07 Å². The van der Waals surface area contributed by atoms with Gasteiger partial charge in [0.2, 0.25) is 0 Å². The van der Waals surface area contributed by atoms with E-state index in [-0.39, 0.29) is 6.42 Å². The molecule has 0 saturated carbocycles. The normalized spacial score (nSPS) is 21.6. The van der Waals surface area contributed by atoms with Crippen LogP contribution in [0.1, 0.15) is 42.9 Å². The molecule has 4 nitrogen and oxygen atoms in total. The Bertz CT molecular complexity index is 521. The minimum Gasteiger partial charge on any atom is -0.507 e. The van der Waals surface area contributed by atoms with Crippen LogP contribution < -0.4 is 4.74 Å². The number of hydrogen-bond donors (Lipinski definition) is 2. The highest BCUT2D eigenvalue weighted by Crippen LogP contribution is 2.41. The van der Waals surface area contributed by atoms with Crippen molar-refractivity contribution in [3.05, 3.63) is 22.8 Å². The molecule has 19 heavy (non-hydrogen) atoms. The molecule has 4 heteroatoms. The summed E-state index contributed by atoms with van der Waals surface area (Å²) in [5.74, 6) is 0.317. The molecule has 1 aromatic carbocycles. The standard InChI is InChI=1S/C15H20O4/c1-9-8-12-11(10(2)14(9)18)4-6-15(3,19-12)7-5-13(16)17/h8,18H,4-7H2,1-3H3,(H,16,17). The van der Waals surface area contributed by atoms with Crippen LogP contribution in [0.4, 0.5) is 0 Å². The summed E-state index contributed by atoms with van der Waals surface area (Å²) in [7, 11) is 0. The smallest absolute Gasteiger partial charge is 0.303 e. The zero-order chi connectivity index (χ0) is 14.2. The average molecular weight is 264 g/mol. The second-order valence-electron chi connectivity index (χ2n) is 5.59. The predicted molar refractivity (Wildman–Crippen MR) is 71.8 cm³/mol. The largest absolute Gasteiger partial charge is 0.507 e. The van der Waals surface area contributed by atoms with Gasteiger partial charge in [0.25, 0.3) is 0 Å². The van der Waals surface area contributed by atoms with Crippen molar-refractivity contribution >= 4 is 5.97 Å². The van der Waals surface area contributed by atoms with Gasteiger partial charge < -0.3 is 14.9 Å². The summed E-state index contributed by atoms with van der Waals surface area (Å²) in [6, 6.07) is 1.84. The Labute approximate surface area is 113 Å². The number of hydrogen-bond acceptors (Lipinski definition) is 3. The Morgan fingerprint density at radius 2 is 2.16 bits per heavy atom. The van der Waals surface area contributed by atoms with Gasteiger partial charge in [-0.15, -0.1) is 0 Å². The molecule has 2 rings (SSSR count). The van der Waals surface area contributed by atoms with Gasteiger partial charge in [-0.25, -0.2) is 0 Å². The van der Waals surface area contributed by atoms with Crippen LogP contribution in [0.2, 0.25) is 0 Å². The zero-order valence-electron chi connectivity index (χ0n) is 11.6. The van der Waals surface area contributed by atoms with Crippen LogP contribution in [0.3, 0.4) is 0 Å². The first-order chi connectivity index (χ1) is 8.82. The molecule has 104 valence electrons. The fourth-order valence-electron chi connectivity index (χ4n) is 2.63. The van der Waals surface area contributed by atoms with Crippen LogP contribution in [-0.4, -0.2) is 21.8 Å². The maximum absolute atomic E-state index is 10.7. The molecule has 2 N–H and O–H groups in total. The third-order valence-electron chi connectivity index (χ3n) is 3.95. The fourth-order valence-corrected chi connectivity index (χ4v) is 2.63. The van der Waals surface area contributed by atoms with E-state index in [9.17, 15) is 9.90 Å². The lowest BCUT2D eigenvalue weighted by Crippen LogP contribution is -2.37. The summed E-state index contributed by atoms with van der Waals surface area (Å²) < 4.78 is 6.01. The zero-order valence-corrected chi connectivity index (χ0v) is 11.6. The van der Waals surface area contributed by atoms with Crippen LogP contribution in [0.5, 0.6) is 11.5 Å². The van der Waals surface area contributed by atoms with E-state index >= 15 is 0 Å². The number of carboxylic acids is 1. The summed E-state index contributed by atoms with van der Waals surface area (Å²) in [6.07, 6.45) is 2.20. The molecule has 1 heterocycles. The van der Waals surface area contributed by atoms with Gasteiger partial charge in [0.1, 0.15) is 17.1 Å². The number of phenols is 1. The molecule has 1 atom stereocenters. The quantitative estimate of drug-likeness (QED) is 0.880. The van der Waals surface area contributed by atoms with Crippen molar-refractivity contribution in [2.45, 2.75) is 52.1 Å². The van der Waals surface area contributed by atoms with Gasteiger partial charge >= 0.3 is 5.97 Å². The summed E-state index contributed by atoms with van der Waals surface area (Å²) in [6.45, 7) is 5.69. The number of rotatable bonds is 3. The first-order valence-electron chi connectivity index (χ1n) is 6.55. The molecule has 0 aliphatic carbocycles. The van der Waals surface area contributed by atoms with Crippen LogP contribution in [-0.2, 0) is 11.2 Å². The van der Waals surface area contributed by atoms with Gasteiger partial charge in [0.15, 0.2) is 0 Å². The second-order valence-corrected chi connectivity index (χ2v) is 5.59. The number of fused-ring (bicyclic) bond motifs is 1. The van der Waals surface area contributed by atoms with Crippen molar-refractivity contribution in [3.63, 3.8) is 0 Å². The van der Waals surface area contributed by atoms with E-state index in [1.54, 1.807) is 0 Å². The highest BCUT2D eigenvalue weighted by Gasteiger charge is 2.33. The summed E-state index contributed by atoms with van der Waals surface area (Å²) in [5.41, 5.74) is 2.27. The lowest BCUT2D eigenvalue weighted by Gasteiger charge is -2.36. The Morgan fingerprint density at radius 3 is 2.79 bits per heavy atom. The predicted octanol–water partition coefficient (Wildman–Crippen LogP) is 2.96. The Morgan fingerprint density at radius 1 is 1.47 bits per heavy atom. The number of aliphatic carboxylic acids is 1. The van der Waals surface area contributed by atoms with E-state index < -0.39 is 11.6 Å². The second kappa shape index (κ2) is 4.76. The molecule has 1 aliphatic rings. The van der Waals surface area contributed by atoms with Crippen molar-refractivity contribution in [2.24, 2.45) is 0 Å². The van der Waals surface area contributed by atoms with E-state index in [2.05, 4.69) is 0 Å². The van der Waals surface area contributed by atoms with E-state index in [4.69, 9.17) is 9.84 Å². The van der Waals surface area contributed by atoms with Crippen molar-refractivity contribution in [1.82, 2.24) is 0 Å². The molecule has 0 bridgehead atoms. The molecule has 1 aromatic rings. The van der Waals surface area contributed by atoms with Crippen molar-refractivity contribution in [2.75, 3.05) is 0 Å². The first-order valence-corrected chi connectivity index (χ1v) is 6.55. The Hall–Kier alpha value is -1.71. The van der Waals surface area contributed by atoms with Gasteiger partial charge in [0.05, 0.1) is 0 Å². The van der Waals surface area contributed by atoms with E-state index in [0.29, 0.717) is 12.2 Å². The minimum absolute atomic E-state index is 0.113. The molecule has 0 spiro atoms. The molecular weight excluding hydrogens is 244 g/mol. The number of carboxylic acid groups (broad SMARTS) is 1. The van der Waals surface area contributed by atoms with Gasteiger partial charge in [0, 0.05) is 12.0 Å². The number of benzene rings is 1. The number of phenolic OH excluding ortho intramolecular Hbond substituents is 1. The molecule has 0 amide bonds. The average Bonchev–Trinajstić information content (AvgIpc) is 2.34. The number of ether oxygens (including phenoxy) is 1.